The van der Waals surface area contributed by atoms with Crippen LogP contribution in [0, 0.1) is 0 Å². The standard InChI is InChI=1S/C15H23NO2/c17-11-14(10-12-4-2-1-3-5-12)16-13-6-8-15(18)9-7-13/h1-5,13-18H,6-11H2. The molecule has 1 aliphatic rings. The van der Waals surface area contributed by atoms with Gasteiger partial charge in [0.25, 0.3) is 0 Å². The number of hydrogen-bond acceptors (Lipinski definition) is 3. The number of rotatable bonds is 5. The van der Waals surface area contributed by atoms with E-state index < -0.39 is 0 Å². The second-order valence-corrected chi connectivity index (χ2v) is 5.24. The molecular weight excluding hydrogens is 226 g/mol. The number of nitrogens with one attached hydrogen (secondary N) is 1. The molecule has 1 saturated carbocycles. The Bertz CT molecular complexity index is 334. The smallest absolute Gasteiger partial charge is 0.0587 e. The molecule has 3 heteroatoms. The van der Waals surface area contributed by atoms with Crippen molar-refractivity contribution in [3.05, 3.63) is 35.9 Å². The molecule has 0 aromatic heterocycles. The summed E-state index contributed by atoms with van der Waals surface area (Å²) >= 11 is 0. The summed E-state index contributed by atoms with van der Waals surface area (Å²) in [5, 5.41) is 22.4. The highest BCUT2D eigenvalue weighted by atomic mass is 16.3. The Morgan fingerprint density at radius 1 is 1.11 bits per heavy atom. The zero-order valence-corrected chi connectivity index (χ0v) is 10.8. The van der Waals surface area contributed by atoms with Crippen LogP contribution in [-0.2, 0) is 6.42 Å². The monoisotopic (exact) mass is 249 g/mol. The fraction of sp³-hybridized carbons (Fsp3) is 0.600. The number of aliphatic hydroxyl groups is 2. The molecule has 3 nitrogen and oxygen atoms in total. The molecule has 0 spiro atoms. The predicted molar refractivity (Wildman–Crippen MR) is 72.4 cm³/mol. The summed E-state index contributed by atoms with van der Waals surface area (Å²) in [5.41, 5.74) is 1.25. The lowest BCUT2D eigenvalue weighted by Crippen LogP contribution is -2.44. The zero-order valence-electron chi connectivity index (χ0n) is 10.8. The van der Waals surface area contributed by atoms with Gasteiger partial charge < -0.3 is 15.5 Å². The maximum Gasteiger partial charge on any atom is 0.0587 e. The molecule has 1 aromatic rings. The molecule has 0 bridgehead atoms. The number of aliphatic hydroxyl groups excluding tert-OH is 2. The Morgan fingerprint density at radius 2 is 1.78 bits per heavy atom. The first-order valence-electron chi connectivity index (χ1n) is 6.87. The van der Waals surface area contributed by atoms with E-state index in [1.807, 2.05) is 18.2 Å². The van der Waals surface area contributed by atoms with Crippen LogP contribution in [0.4, 0.5) is 0 Å². The lowest BCUT2D eigenvalue weighted by Gasteiger charge is -2.29. The van der Waals surface area contributed by atoms with Crippen molar-refractivity contribution in [2.24, 2.45) is 0 Å². The van der Waals surface area contributed by atoms with E-state index in [0.717, 1.165) is 32.1 Å². The van der Waals surface area contributed by atoms with Crippen molar-refractivity contribution in [3.63, 3.8) is 0 Å². The van der Waals surface area contributed by atoms with E-state index >= 15 is 0 Å². The minimum atomic E-state index is -0.121. The quantitative estimate of drug-likeness (QED) is 0.741. The molecule has 1 fully saturated rings. The van der Waals surface area contributed by atoms with Crippen molar-refractivity contribution in [1.82, 2.24) is 5.32 Å². The third-order valence-electron chi connectivity index (χ3n) is 3.71. The molecule has 0 radical (unpaired) electrons. The van der Waals surface area contributed by atoms with Gasteiger partial charge in [-0.05, 0) is 37.7 Å². The van der Waals surface area contributed by atoms with Gasteiger partial charge in [0.1, 0.15) is 0 Å². The zero-order chi connectivity index (χ0) is 12.8. The lowest BCUT2D eigenvalue weighted by molar-refractivity contribution is 0.110. The van der Waals surface area contributed by atoms with Crippen LogP contribution >= 0.6 is 0 Å². The van der Waals surface area contributed by atoms with Crippen LogP contribution in [-0.4, -0.2) is 35.0 Å². The Labute approximate surface area is 109 Å². The molecule has 100 valence electrons. The summed E-state index contributed by atoms with van der Waals surface area (Å²) in [7, 11) is 0. The minimum Gasteiger partial charge on any atom is -0.395 e. The Balaban J connectivity index is 1.82. The van der Waals surface area contributed by atoms with Gasteiger partial charge in [0, 0.05) is 12.1 Å². The third-order valence-corrected chi connectivity index (χ3v) is 3.71. The first-order chi connectivity index (χ1) is 8.78. The molecule has 0 amide bonds. The van der Waals surface area contributed by atoms with Gasteiger partial charge in [-0.15, -0.1) is 0 Å². The third kappa shape index (κ3) is 4.09. The van der Waals surface area contributed by atoms with Crippen LogP contribution < -0.4 is 5.32 Å². The molecule has 0 saturated heterocycles. The van der Waals surface area contributed by atoms with E-state index in [1.165, 1.54) is 5.56 Å². The first kappa shape index (κ1) is 13.5. The van der Waals surface area contributed by atoms with Gasteiger partial charge in [-0.3, -0.25) is 0 Å². The van der Waals surface area contributed by atoms with Gasteiger partial charge >= 0.3 is 0 Å². The van der Waals surface area contributed by atoms with E-state index in [-0.39, 0.29) is 18.8 Å². The van der Waals surface area contributed by atoms with Gasteiger partial charge in [0.05, 0.1) is 12.7 Å². The second kappa shape index (κ2) is 6.88. The average molecular weight is 249 g/mol. The highest BCUT2D eigenvalue weighted by Gasteiger charge is 2.21. The summed E-state index contributed by atoms with van der Waals surface area (Å²) in [6.45, 7) is 0.161. The van der Waals surface area contributed by atoms with Crippen LogP contribution in [0.15, 0.2) is 30.3 Å². The molecular formula is C15H23NO2. The predicted octanol–water partition coefficient (Wildman–Crippen LogP) is 1.48. The van der Waals surface area contributed by atoms with Crippen molar-refractivity contribution in [2.75, 3.05) is 6.61 Å². The molecule has 0 heterocycles. The topological polar surface area (TPSA) is 52.5 Å². The molecule has 18 heavy (non-hydrogen) atoms. The Kier molecular flexibility index (Phi) is 5.17. The Morgan fingerprint density at radius 3 is 2.39 bits per heavy atom. The van der Waals surface area contributed by atoms with E-state index in [9.17, 15) is 10.2 Å². The lowest BCUT2D eigenvalue weighted by atomic mass is 9.92. The van der Waals surface area contributed by atoms with Gasteiger partial charge in [-0.1, -0.05) is 30.3 Å². The van der Waals surface area contributed by atoms with Gasteiger partial charge in [-0.25, -0.2) is 0 Å². The maximum absolute atomic E-state index is 9.48. The van der Waals surface area contributed by atoms with Gasteiger partial charge in [0.15, 0.2) is 0 Å². The van der Waals surface area contributed by atoms with Crippen LogP contribution in [0.5, 0.6) is 0 Å². The van der Waals surface area contributed by atoms with Crippen molar-refractivity contribution in [2.45, 2.75) is 50.3 Å². The summed E-state index contributed by atoms with van der Waals surface area (Å²) in [5.74, 6) is 0. The van der Waals surface area contributed by atoms with Crippen molar-refractivity contribution in [1.29, 1.82) is 0 Å². The van der Waals surface area contributed by atoms with Crippen LogP contribution in [0.1, 0.15) is 31.2 Å². The maximum atomic E-state index is 9.48. The van der Waals surface area contributed by atoms with Crippen molar-refractivity contribution < 1.29 is 10.2 Å². The molecule has 0 aliphatic heterocycles. The van der Waals surface area contributed by atoms with E-state index in [1.54, 1.807) is 0 Å². The van der Waals surface area contributed by atoms with Crippen LogP contribution in [0.3, 0.4) is 0 Å². The first-order valence-corrected chi connectivity index (χ1v) is 6.87. The largest absolute Gasteiger partial charge is 0.395 e. The number of hydrogen-bond donors (Lipinski definition) is 3. The minimum absolute atomic E-state index is 0.118. The highest BCUT2D eigenvalue weighted by Crippen LogP contribution is 2.19. The average Bonchev–Trinajstić information content (AvgIpc) is 2.41. The van der Waals surface area contributed by atoms with E-state index in [2.05, 4.69) is 17.4 Å². The fourth-order valence-corrected chi connectivity index (χ4v) is 2.65. The van der Waals surface area contributed by atoms with Crippen molar-refractivity contribution in [3.8, 4) is 0 Å². The van der Waals surface area contributed by atoms with Crippen LogP contribution in [0.2, 0.25) is 0 Å². The summed E-state index contributed by atoms with van der Waals surface area (Å²) in [6, 6.07) is 10.8. The molecule has 1 atom stereocenters. The summed E-state index contributed by atoms with van der Waals surface area (Å²) < 4.78 is 0. The molecule has 2 rings (SSSR count). The molecule has 1 aliphatic carbocycles. The van der Waals surface area contributed by atoms with E-state index in [4.69, 9.17) is 0 Å². The fourth-order valence-electron chi connectivity index (χ4n) is 2.65. The molecule has 1 aromatic carbocycles. The van der Waals surface area contributed by atoms with E-state index in [0.29, 0.717) is 6.04 Å². The second-order valence-electron chi connectivity index (χ2n) is 5.24. The van der Waals surface area contributed by atoms with Crippen LogP contribution in [0.25, 0.3) is 0 Å². The summed E-state index contributed by atoms with van der Waals surface area (Å²) in [4.78, 5) is 0. The normalized spacial score (nSPS) is 25.9. The number of benzene rings is 1. The Hall–Kier alpha value is -0.900. The highest BCUT2D eigenvalue weighted by molar-refractivity contribution is 5.16. The van der Waals surface area contributed by atoms with Gasteiger partial charge in [0.2, 0.25) is 0 Å². The van der Waals surface area contributed by atoms with Crippen molar-refractivity contribution >= 4 is 0 Å². The van der Waals surface area contributed by atoms with Gasteiger partial charge in [-0.2, -0.15) is 0 Å². The summed E-state index contributed by atoms with van der Waals surface area (Å²) in [6.07, 6.45) is 4.50. The SMILES string of the molecule is OCC(Cc1ccccc1)NC1CCC(O)CC1. The molecule has 3 N–H and O–H groups in total. The molecule has 1 unspecified atom stereocenters.